The SMILES string of the molecule is O=C1C(=O)N(C2CCC2)CCN1Cc1ccc(-n2ncnn2)cn1. The third kappa shape index (κ3) is 2.61. The highest BCUT2D eigenvalue weighted by molar-refractivity contribution is 6.35. The van der Waals surface area contributed by atoms with Gasteiger partial charge in [0, 0.05) is 19.1 Å². The Morgan fingerprint density at radius 3 is 2.62 bits per heavy atom. The summed E-state index contributed by atoms with van der Waals surface area (Å²) in [5.41, 5.74) is 1.41. The van der Waals surface area contributed by atoms with E-state index in [0.29, 0.717) is 25.3 Å². The van der Waals surface area contributed by atoms with Gasteiger partial charge >= 0.3 is 11.8 Å². The Kier molecular flexibility index (Phi) is 3.68. The lowest BCUT2D eigenvalue weighted by atomic mass is 9.91. The predicted molar refractivity (Wildman–Crippen MR) is 81.7 cm³/mol. The number of rotatable bonds is 4. The molecule has 1 saturated heterocycles. The summed E-state index contributed by atoms with van der Waals surface area (Å²) in [5, 5.41) is 11.4. The molecule has 124 valence electrons. The number of carbonyl (C=O) groups is 2. The highest BCUT2D eigenvalue weighted by atomic mass is 16.2. The van der Waals surface area contributed by atoms with Crippen LogP contribution in [0.2, 0.25) is 0 Å². The first-order valence-electron chi connectivity index (χ1n) is 8.00. The summed E-state index contributed by atoms with van der Waals surface area (Å²) in [6.45, 7) is 1.49. The molecule has 2 amide bonds. The molecule has 9 heteroatoms. The van der Waals surface area contributed by atoms with E-state index in [0.717, 1.165) is 25.0 Å². The molecule has 9 nitrogen and oxygen atoms in total. The molecule has 0 bridgehead atoms. The van der Waals surface area contributed by atoms with E-state index in [9.17, 15) is 9.59 Å². The predicted octanol–water partition coefficient (Wildman–Crippen LogP) is -0.219. The van der Waals surface area contributed by atoms with E-state index in [4.69, 9.17) is 0 Å². The highest BCUT2D eigenvalue weighted by Gasteiger charge is 2.38. The molecule has 1 saturated carbocycles. The molecule has 2 aromatic rings. The van der Waals surface area contributed by atoms with Gasteiger partial charge in [-0.25, -0.2) is 0 Å². The van der Waals surface area contributed by atoms with Crippen LogP contribution in [-0.2, 0) is 16.1 Å². The van der Waals surface area contributed by atoms with Gasteiger partial charge in [-0.05, 0) is 36.6 Å². The summed E-state index contributed by atoms with van der Waals surface area (Å²) in [6.07, 6.45) is 6.13. The van der Waals surface area contributed by atoms with Crippen LogP contribution in [0, 0.1) is 0 Å². The lowest BCUT2D eigenvalue weighted by Crippen LogP contribution is -2.58. The van der Waals surface area contributed by atoms with Crippen LogP contribution in [0.4, 0.5) is 0 Å². The van der Waals surface area contributed by atoms with Gasteiger partial charge in [-0.15, -0.1) is 15.0 Å². The fourth-order valence-electron chi connectivity index (χ4n) is 3.00. The van der Waals surface area contributed by atoms with E-state index in [2.05, 4.69) is 20.4 Å². The summed E-state index contributed by atoms with van der Waals surface area (Å²) in [6, 6.07) is 3.87. The fourth-order valence-corrected chi connectivity index (χ4v) is 3.00. The Bertz CT molecular complexity index is 740. The van der Waals surface area contributed by atoms with Gasteiger partial charge in [-0.2, -0.15) is 0 Å². The van der Waals surface area contributed by atoms with E-state index in [1.807, 2.05) is 0 Å². The van der Waals surface area contributed by atoms with Crippen LogP contribution in [0.1, 0.15) is 25.0 Å². The number of nitrogens with zero attached hydrogens (tertiary/aromatic N) is 7. The molecule has 2 aromatic heterocycles. The minimum atomic E-state index is -0.433. The van der Waals surface area contributed by atoms with Crippen LogP contribution in [0.3, 0.4) is 0 Å². The van der Waals surface area contributed by atoms with E-state index >= 15 is 0 Å². The molecule has 4 rings (SSSR count). The average Bonchev–Trinajstić information content (AvgIpc) is 3.08. The summed E-state index contributed by atoms with van der Waals surface area (Å²) < 4.78 is 0. The molecule has 0 atom stereocenters. The first kappa shape index (κ1) is 14.7. The van der Waals surface area contributed by atoms with Crippen LogP contribution < -0.4 is 0 Å². The van der Waals surface area contributed by atoms with Crippen molar-refractivity contribution in [1.82, 2.24) is 35.0 Å². The van der Waals surface area contributed by atoms with Crippen molar-refractivity contribution in [3.05, 3.63) is 30.4 Å². The maximum absolute atomic E-state index is 12.3. The zero-order valence-corrected chi connectivity index (χ0v) is 13.1. The van der Waals surface area contributed by atoms with Crippen molar-refractivity contribution in [3.8, 4) is 5.69 Å². The number of amides is 2. The maximum atomic E-state index is 12.3. The number of hydrogen-bond donors (Lipinski definition) is 0. The number of piperazine rings is 1. The van der Waals surface area contributed by atoms with Gasteiger partial charge in [0.25, 0.3) is 0 Å². The Morgan fingerprint density at radius 1 is 1.12 bits per heavy atom. The Labute approximate surface area is 138 Å². The number of aromatic nitrogens is 5. The second-order valence-electron chi connectivity index (χ2n) is 6.04. The number of pyridine rings is 1. The normalized spacial score (nSPS) is 18.8. The van der Waals surface area contributed by atoms with E-state index < -0.39 is 5.91 Å². The van der Waals surface area contributed by atoms with Gasteiger partial charge in [-0.3, -0.25) is 14.6 Å². The molecule has 0 unspecified atom stereocenters. The summed E-state index contributed by atoms with van der Waals surface area (Å²) >= 11 is 0. The number of tetrazole rings is 1. The summed E-state index contributed by atoms with van der Waals surface area (Å²) in [4.78, 5) is 33.6. The topological polar surface area (TPSA) is 97.1 Å². The molecular formula is C15H17N7O2. The molecular weight excluding hydrogens is 310 g/mol. The first-order chi connectivity index (χ1) is 11.7. The molecule has 0 radical (unpaired) electrons. The minimum Gasteiger partial charge on any atom is -0.330 e. The largest absolute Gasteiger partial charge is 0.330 e. The average molecular weight is 327 g/mol. The molecule has 2 fully saturated rings. The Morgan fingerprint density at radius 2 is 2.00 bits per heavy atom. The van der Waals surface area contributed by atoms with Gasteiger partial charge in [0.1, 0.15) is 5.69 Å². The van der Waals surface area contributed by atoms with E-state index in [1.54, 1.807) is 28.1 Å². The van der Waals surface area contributed by atoms with Crippen LogP contribution in [0.15, 0.2) is 24.7 Å². The van der Waals surface area contributed by atoms with Crippen molar-refractivity contribution >= 4 is 11.8 Å². The van der Waals surface area contributed by atoms with Gasteiger partial charge in [0.15, 0.2) is 6.33 Å². The maximum Gasteiger partial charge on any atom is 0.312 e. The van der Waals surface area contributed by atoms with E-state index in [1.165, 1.54) is 11.1 Å². The zero-order chi connectivity index (χ0) is 16.5. The van der Waals surface area contributed by atoms with Crippen molar-refractivity contribution in [2.45, 2.75) is 31.8 Å². The first-order valence-corrected chi connectivity index (χ1v) is 8.00. The zero-order valence-electron chi connectivity index (χ0n) is 13.1. The second kappa shape index (κ2) is 5.99. The van der Waals surface area contributed by atoms with Crippen LogP contribution in [0.5, 0.6) is 0 Å². The van der Waals surface area contributed by atoms with Crippen molar-refractivity contribution in [3.63, 3.8) is 0 Å². The third-order valence-electron chi connectivity index (χ3n) is 4.60. The fraction of sp³-hybridized carbons (Fsp3) is 0.467. The standard InChI is InChI=1S/C15H17N7O2/c23-14-15(24)21(12-2-1-3-12)7-6-20(14)9-11-4-5-13(8-16-11)22-18-10-17-19-22/h4-5,8,10,12H,1-3,6-7,9H2. The van der Waals surface area contributed by atoms with Crippen LogP contribution in [-0.4, -0.2) is 65.9 Å². The third-order valence-corrected chi connectivity index (χ3v) is 4.60. The van der Waals surface area contributed by atoms with Gasteiger partial charge in [-0.1, -0.05) is 0 Å². The highest BCUT2D eigenvalue weighted by Crippen LogP contribution is 2.26. The number of hydrogen-bond acceptors (Lipinski definition) is 6. The lowest BCUT2D eigenvalue weighted by Gasteiger charge is -2.42. The Balaban J connectivity index is 1.42. The van der Waals surface area contributed by atoms with Crippen molar-refractivity contribution in [1.29, 1.82) is 0 Å². The number of carbonyl (C=O) groups excluding carboxylic acids is 2. The van der Waals surface area contributed by atoms with E-state index in [-0.39, 0.29) is 11.9 Å². The van der Waals surface area contributed by atoms with Crippen molar-refractivity contribution in [2.75, 3.05) is 13.1 Å². The quantitative estimate of drug-likeness (QED) is 0.720. The molecule has 1 aliphatic heterocycles. The smallest absolute Gasteiger partial charge is 0.312 e. The molecule has 0 aromatic carbocycles. The van der Waals surface area contributed by atoms with Crippen LogP contribution >= 0.6 is 0 Å². The molecule has 1 aliphatic carbocycles. The molecule has 24 heavy (non-hydrogen) atoms. The molecule has 0 N–H and O–H groups in total. The van der Waals surface area contributed by atoms with Gasteiger partial charge in [0.2, 0.25) is 0 Å². The summed E-state index contributed by atoms with van der Waals surface area (Å²) in [5.74, 6) is -0.814. The molecule has 0 spiro atoms. The van der Waals surface area contributed by atoms with Gasteiger partial charge < -0.3 is 9.80 Å². The van der Waals surface area contributed by atoms with Gasteiger partial charge in [0.05, 0.1) is 18.4 Å². The second-order valence-corrected chi connectivity index (χ2v) is 6.04. The summed E-state index contributed by atoms with van der Waals surface area (Å²) in [7, 11) is 0. The molecule has 3 heterocycles. The van der Waals surface area contributed by atoms with Crippen LogP contribution in [0.25, 0.3) is 5.69 Å². The lowest BCUT2D eigenvalue weighted by molar-refractivity contribution is -0.159. The Hall–Kier alpha value is -2.84. The van der Waals surface area contributed by atoms with Crippen molar-refractivity contribution in [2.24, 2.45) is 0 Å². The monoisotopic (exact) mass is 327 g/mol. The minimum absolute atomic E-state index is 0.260. The molecule has 2 aliphatic rings. The van der Waals surface area contributed by atoms with Crippen molar-refractivity contribution < 1.29 is 9.59 Å².